The topological polar surface area (TPSA) is 56.9 Å². The van der Waals surface area contributed by atoms with Gasteiger partial charge in [0, 0.05) is 41.2 Å². The van der Waals surface area contributed by atoms with Gasteiger partial charge in [-0.1, -0.05) is 30.1 Å². The van der Waals surface area contributed by atoms with Gasteiger partial charge in [0.15, 0.2) is 0 Å². The molecule has 0 spiro atoms. The minimum absolute atomic E-state index is 0.0616. The Bertz CT molecular complexity index is 797. The molecule has 5 heteroatoms. The fourth-order valence-electron chi connectivity index (χ4n) is 2.42. The zero-order valence-electron chi connectivity index (χ0n) is 12.2. The summed E-state index contributed by atoms with van der Waals surface area (Å²) in [6.07, 6.45) is 3.82. The zero-order valence-corrected chi connectivity index (χ0v) is 13.0. The SMILES string of the molecule is CSNc1cccc(CNC(=O)c2cccc3[nH]ccc23)c1. The molecule has 1 heterocycles. The summed E-state index contributed by atoms with van der Waals surface area (Å²) >= 11 is 1.55. The molecule has 1 amide bonds. The molecule has 0 aliphatic heterocycles. The van der Waals surface area contributed by atoms with Gasteiger partial charge < -0.3 is 15.0 Å². The maximum atomic E-state index is 12.4. The van der Waals surface area contributed by atoms with Gasteiger partial charge in [-0.2, -0.15) is 0 Å². The Balaban J connectivity index is 1.72. The minimum Gasteiger partial charge on any atom is -0.361 e. The molecule has 4 nitrogen and oxygen atoms in total. The molecule has 3 N–H and O–H groups in total. The summed E-state index contributed by atoms with van der Waals surface area (Å²) in [5.41, 5.74) is 3.76. The van der Waals surface area contributed by atoms with E-state index in [9.17, 15) is 4.79 Å². The Morgan fingerprint density at radius 1 is 1.18 bits per heavy atom. The van der Waals surface area contributed by atoms with Gasteiger partial charge >= 0.3 is 0 Å². The van der Waals surface area contributed by atoms with Gasteiger partial charge in [0.25, 0.3) is 5.91 Å². The van der Waals surface area contributed by atoms with Gasteiger partial charge in [0.2, 0.25) is 0 Å². The van der Waals surface area contributed by atoms with E-state index in [1.165, 1.54) is 0 Å². The number of nitrogens with one attached hydrogen (secondary N) is 3. The van der Waals surface area contributed by atoms with Crippen molar-refractivity contribution < 1.29 is 4.79 Å². The Labute approximate surface area is 133 Å². The molecule has 0 unspecified atom stereocenters. The van der Waals surface area contributed by atoms with E-state index in [1.54, 1.807) is 11.9 Å². The first-order chi connectivity index (χ1) is 10.8. The highest BCUT2D eigenvalue weighted by Gasteiger charge is 2.10. The fourth-order valence-corrected chi connectivity index (χ4v) is 2.79. The van der Waals surface area contributed by atoms with Gasteiger partial charge in [-0.25, -0.2) is 0 Å². The quantitative estimate of drug-likeness (QED) is 0.628. The first-order valence-electron chi connectivity index (χ1n) is 7.00. The lowest BCUT2D eigenvalue weighted by Gasteiger charge is -2.08. The first kappa shape index (κ1) is 14.5. The summed E-state index contributed by atoms with van der Waals surface area (Å²) in [4.78, 5) is 15.5. The Kier molecular flexibility index (Phi) is 4.34. The van der Waals surface area contributed by atoms with Gasteiger partial charge in [0.1, 0.15) is 0 Å². The highest BCUT2D eigenvalue weighted by Crippen LogP contribution is 2.18. The number of hydrogen-bond acceptors (Lipinski definition) is 3. The molecule has 0 aliphatic rings. The van der Waals surface area contributed by atoms with Gasteiger partial charge in [0.05, 0.1) is 0 Å². The summed E-state index contributed by atoms with van der Waals surface area (Å²) in [5, 5.41) is 3.92. The average Bonchev–Trinajstić information content (AvgIpc) is 3.02. The van der Waals surface area contributed by atoms with E-state index in [2.05, 4.69) is 15.0 Å². The second-order valence-electron chi connectivity index (χ2n) is 4.93. The van der Waals surface area contributed by atoms with Gasteiger partial charge in [-0.15, -0.1) is 0 Å². The van der Waals surface area contributed by atoms with Crippen molar-refractivity contribution in [3.8, 4) is 0 Å². The summed E-state index contributed by atoms with van der Waals surface area (Å²) in [6, 6.07) is 15.6. The highest BCUT2D eigenvalue weighted by molar-refractivity contribution is 7.99. The summed E-state index contributed by atoms with van der Waals surface area (Å²) in [5.74, 6) is -0.0616. The number of rotatable bonds is 5. The van der Waals surface area contributed by atoms with E-state index < -0.39 is 0 Å². The third-order valence-electron chi connectivity index (χ3n) is 3.44. The summed E-state index contributed by atoms with van der Waals surface area (Å²) in [6.45, 7) is 0.504. The van der Waals surface area contributed by atoms with Crippen LogP contribution in [-0.4, -0.2) is 17.1 Å². The van der Waals surface area contributed by atoms with E-state index in [-0.39, 0.29) is 5.91 Å². The number of aromatic amines is 1. The van der Waals surface area contributed by atoms with Crippen LogP contribution in [0.3, 0.4) is 0 Å². The van der Waals surface area contributed by atoms with E-state index in [1.807, 2.05) is 61.0 Å². The van der Waals surface area contributed by atoms with Crippen molar-refractivity contribution in [2.24, 2.45) is 0 Å². The number of aromatic nitrogens is 1. The first-order valence-corrected chi connectivity index (χ1v) is 8.22. The number of fused-ring (bicyclic) bond motifs is 1. The van der Waals surface area contributed by atoms with Crippen LogP contribution in [0.2, 0.25) is 0 Å². The van der Waals surface area contributed by atoms with Crippen LogP contribution in [0.5, 0.6) is 0 Å². The maximum absolute atomic E-state index is 12.4. The summed E-state index contributed by atoms with van der Waals surface area (Å²) in [7, 11) is 0. The van der Waals surface area contributed by atoms with Gasteiger partial charge in [-0.3, -0.25) is 4.79 Å². The molecule has 0 bridgehead atoms. The van der Waals surface area contributed by atoms with Crippen molar-refractivity contribution in [2.45, 2.75) is 6.54 Å². The van der Waals surface area contributed by atoms with Crippen LogP contribution in [0.15, 0.2) is 54.7 Å². The highest BCUT2D eigenvalue weighted by atomic mass is 32.2. The Morgan fingerprint density at radius 2 is 2.05 bits per heavy atom. The van der Waals surface area contributed by atoms with Crippen LogP contribution in [0.4, 0.5) is 5.69 Å². The molecule has 3 aromatic rings. The number of H-pyrrole nitrogens is 1. The van der Waals surface area contributed by atoms with Crippen molar-refractivity contribution in [3.63, 3.8) is 0 Å². The number of carbonyl (C=O) groups excluding carboxylic acids is 1. The molecule has 3 rings (SSSR count). The minimum atomic E-state index is -0.0616. The number of carbonyl (C=O) groups is 1. The van der Waals surface area contributed by atoms with Crippen molar-refractivity contribution in [1.82, 2.24) is 10.3 Å². The monoisotopic (exact) mass is 311 g/mol. The molecule has 1 aromatic heterocycles. The zero-order chi connectivity index (χ0) is 15.4. The van der Waals surface area contributed by atoms with Crippen LogP contribution in [0, 0.1) is 0 Å². The largest absolute Gasteiger partial charge is 0.361 e. The molecule has 0 aliphatic carbocycles. The molecule has 22 heavy (non-hydrogen) atoms. The predicted octanol–water partition coefficient (Wildman–Crippen LogP) is 3.79. The maximum Gasteiger partial charge on any atom is 0.252 e. The smallest absolute Gasteiger partial charge is 0.252 e. The van der Waals surface area contributed by atoms with Crippen LogP contribution >= 0.6 is 11.9 Å². The molecule has 0 atom stereocenters. The van der Waals surface area contributed by atoms with Crippen molar-refractivity contribution in [3.05, 3.63) is 65.9 Å². The van der Waals surface area contributed by atoms with Crippen molar-refractivity contribution in [1.29, 1.82) is 0 Å². The van der Waals surface area contributed by atoms with E-state index in [0.29, 0.717) is 12.1 Å². The predicted molar refractivity (Wildman–Crippen MR) is 93.0 cm³/mol. The number of amides is 1. The molecule has 112 valence electrons. The van der Waals surface area contributed by atoms with Crippen LogP contribution in [-0.2, 0) is 6.54 Å². The molecule has 2 aromatic carbocycles. The average molecular weight is 311 g/mol. The number of hydrogen-bond donors (Lipinski definition) is 3. The molecule has 0 saturated heterocycles. The molecule has 0 fully saturated rings. The third kappa shape index (κ3) is 3.09. The number of anilines is 1. The van der Waals surface area contributed by atoms with Gasteiger partial charge in [-0.05, 0) is 35.9 Å². The Hall–Kier alpha value is -2.40. The van der Waals surface area contributed by atoms with Crippen LogP contribution in [0.25, 0.3) is 10.9 Å². The van der Waals surface area contributed by atoms with Crippen molar-refractivity contribution in [2.75, 3.05) is 11.0 Å². The normalized spacial score (nSPS) is 10.6. The lowest BCUT2D eigenvalue weighted by atomic mass is 10.1. The fraction of sp³-hybridized carbons (Fsp3) is 0.118. The second-order valence-corrected chi connectivity index (χ2v) is 5.55. The second kappa shape index (κ2) is 6.58. The standard InChI is InChI=1S/C17H17N3OS/c1-22-20-13-5-2-4-12(10-13)11-19-17(21)15-6-3-7-16-14(15)8-9-18-16/h2-10,18,20H,11H2,1H3,(H,19,21). The third-order valence-corrected chi connectivity index (χ3v) is 3.88. The van der Waals surface area contributed by atoms with Crippen molar-refractivity contribution >= 4 is 34.4 Å². The van der Waals surface area contributed by atoms with E-state index in [4.69, 9.17) is 0 Å². The molecule has 0 radical (unpaired) electrons. The Morgan fingerprint density at radius 3 is 2.91 bits per heavy atom. The molecular weight excluding hydrogens is 294 g/mol. The number of benzene rings is 2. The van der Waals surface area contributed by atoms with E-state index in [0.717, 1.165) is 22.2 Å². The van der Waals surface area contributed by atoms with Crippen LogP contribution in [0.1, 0.15) is 15.9 Å². The molecular formula is C17H17N3OS. The van der Waals surface area contributed by atoms with E-state index >= 15 is 0 Å². The lowest BCUT2D eigenvalue weighted by Crippen LogP contribution is -2.22. The summed E-state index contributed by atoms with van der Waals surface area (Å²) < 4.78 is 3.19. The van der Waals surface area contributed by atoms with Crippen LogP contribution < -0.4 is 10.0 Å². The lowest BCUT2D eigenvalue weighted by molar-refractivity contribution is 0.0952. The molecule has 0 saturated carbocycles.